The molecule has 0 aliphatic rings. The van der Waals surface area contributed by atoms with E-state index in [2.05, 4.69) is 31.9 Å². The Bertz CT molecular complexity index is 332. The summed E-state index contributed by atoms with van der Waals surface area (Å²) in [5.74, 6) is -0.736. The molecule has 0 nitrogen and oxygen atoms in total. The molecule has 1 rings (SSSR count). The summed E-state index contributed by atoms with van der Waals surface area (Å²) in [6.07, 6.45) is -4.48. The van der Waals surface area contributed by atoms with E-state index >= 15 is 0 Å². The van der Waals surface area contributed by atoms with Crippen molar-refractivity contribution in [3.63, 3.8) is 0 Å². The smallest absolute Gasteiger partial charge is 0.206 e. The number of rotatable bonds is 0. The molecule has 1 aromatic rings. The summed E-state index contributed by atoms with van der Waals surface area (Å²) >= 11 is 5.31. The highest BCUT2D eigenvalue weighted by molar-refractivity contribution is 9.11. The van der Waals surface area contributed by atoms with E-state index in [-0.39, 0.29) is 8.95 Å². The Morgan fingerprint density at radius 3 is 2.00 bits per heavy atom. The van der Waals surface area contributed by atoms with E-state index in [0.29, 0.717) is 6.07 Å². The van der Waals surface area contributed by atoms with Crippen LogP contribution in [0.25, 0.3) is 0 Å². The van der Waals surface area contributed by atoms with Crippen LogP contribution in [-0.4, -0.2) is 0 Å². The van der Waals surface area contributed by atoms with E-state index < -0.39 is 17.6 Å². The number of benzene rings is 1. The van der Waals surface area contributed by atoms with Gasteiger partial charge >= 0.3 is 6.18 Å². The highest BCUT2D eigenvalue weighted by Gasteiger charge is 2.33. The van der Waals surface area contributed by atoms with Gasteiger partial charge < -0.3 is 0 Å². The maximum atomic E-state index is 12.7. The van der Waals surface area contributed by atoms with Crippen molar-refractivity contribution in [2.24, 2.45) is 0 Å². The molecule has 0 radical (unpaired) electrons. The lowest BCUT2D eigenvalue weighted by Crippen LogP contribution is -2.06. The van der Waals surface area contributed by atoms with E-state index in [9.17, 15) is 17.6 Å². The lowest BCUT2D eigenvalue weighted by molar-refractivity contribution is -0.138. The fourth-order valence-corrected chi connectivity index (χ4v) is 1.62. The quantitative estimate of drug-likeness (QED) is 0.491. The molecule has 0 fully saturated rings. The highest BCUT2D eigenvalue weighted by Crippen LogP contribution is 2.37. The van der Waals surface area contributed by atoms with Gasteiger partial charge in [0.25, 0.3) is 0 Å². The van der Waals surface area contributed by atoms with Gasteiger partial charge in [0.05, 0.1) is 10.0 Å². The van der Waals surface area contributed by atoms with Gasteiger partial charge in [0, 0.05) is 4.47 Å². The van der Waals surface area contributed by atoms with Crippen LogP contribution in [0.5, 0.6) is 0 Å². The Morgan fingerprint density at radius 2 is 1.54 bits per heavy atom. The van der Waals surface area contributed by atoms with Crippen molar-refractivity contribution in [2.45, 2.75) is 6.18 Å². The second-order valence-corrected chi connectivity index (χ2v) is 3.95. The van der Waals surface area contributed by atoms with Crippen LogP contribution in [-0.2, 0) is 6.18 Å². The molecule has 0 atom stereocenters. The van der Waals surface area contributed by atoms with E-state index in [0.717, 1.165) is 6.07 Å². The molecule has 0 unspecified atom stereocenters. The van der Waals surface area contributed by atoms with Crippen LogP contribution >= 0.6 is 31.9 Å². The highest BCUT2D eigenvalue weighted by atomic mass is 79.9. The van der Waals surface area contributed by atoms with E-state index in [1.165, 1.54) is 0 Å². The fraction of sp³-hybridized carbons (Fsp3) is 0.143. The molecule has 0 N–H and O–H groups in total. The third-order valence-electron chi connectivity index (χ3n) is 1.32. The molecule has 0 spiro atoms. The molecule has 6 heteroatoms. The summed E-state index contributed by atoms with van der Waals surface area (Å²) in [5, 5.41) is 0. The minimum atomic E-state index is -4.48. The topological polar surface area (TPSA) is 0 Å². The van der Waals surface area contributed by atoms with Crippen LogP contribution in [0.15, 0.2) is 21.1 Å². The van der Waals surface area contributed by atoms with Gasteiger partial charge in [-0.15, -0.1) is 0 Å². The largest absolute Gasteiger partial charge is 0.417 e. The summed E-state index contributed by atoms with van der Waals surface area (Å²) < 4.78 is 48.8. The molecular formula is C7H2Br2F4. The van der Waals surface area contributed by atoms with Crippen LogP contribution in [0.4, 0.5) is 17.6 Å². The first kappa shape index (κ1) is 11.0. The lowest BCUT2D eigenvalue weighted by Gasteiger charge is -2.09. The molecule has 72 valence electrons. The summed E-state index contributed by atoms with van der Waals surface area (Å²) in [4.78, 5) is 0. The maximum absolute atomic E-state index is 12.7. The van der Waals surface area contributed by atoms with Crippen molar-refractivity contribution in [3.8, 4) is 0 Å². The van der Waals surface area contributed by atoms with Crippen LogP contribution in [0.2, 0.25) is 0 Å². The Morgan fingerprint density at radius 1 is 1.00 bits per heavy atom. The average Bonchev–Trinajstić information content (AvgIpc) is 1.94. The van der Waals surface area contributed by atoms with Crippen LogP contribution in [0.3, 0.4) is 0 Å². The zero-order chi connectivity index (χ0) is 10.2. The molecule has 0 heterocycles. The van der Waals surface area contributed by atoms with Crippen LogP contribution in [0, 0.1) is 5.82 Å². The van der Waals surface area contributed by atoms with E-state index in [1.54, 1.807) is 0 Å². The predicted octanol–water partition coefficient (Wildman–Crippen LogP) is 4.37. The normalized spacial score (nSPS) is 11.8. The van der Waals surface area contributed by atoms with Gasteiger partial charge in [-0.1, -0.05) is 15.9 Å². The molecule has 0 aliphatic heterocycles. The first-order chi connectivity index (χ1) is 5.82. The van der Waals surface area contributed by atoms with Crippen molar-refractivity contribution in [1.82, 2.24) is 0 Å². The molecule has 0 saturated heterocycles. The Hall–Kier alpha value is -0.100. The summed E-state index contributed by atoms with van der Waals surface area (Å²) in [6, 6.07) is 1.46. The van der Waals surface area contributed by atoms with Gasteiger partial charge in [0.2, 0.25) is 0 Å². The van der Waals surface area contributed by atoms with Gasteiger partial charge in [-0.25, -0.2) is 4.39 Å². The summed E-state index contributed by atoms with van der Waals surface area (Å²) in [5.41, 5.74) is -0.902. The lowest BCUT2D eigenvalue weighted by atomic mass is 10.2. The zero-order valence-corrected chi connectivity index (χ0v) is 9.09. The summed E-state index contributed by atoms with van der Waals surface area (Å²) in [6.45, 7) is 0. The second kappa shape index (κ2) is 3.57. The number of hydrogen-bond acceptors (Lipinski definition) is 0. The zero-order valence-electron chi connectivity index (χ0n) is 5.92. The predicted molar refractivity (Wildman–Crippen MR) is 46.8 cm³/mol. The summed E-state index contributed by atoms with van der Waals surface area (Å²) in [7, 11) is 0. The first-order valence-electron chi connectivity index (χ1n) is 3.04. The Balaban J connectivity index is 3.32. The molecule has 0 aliphatic carbocycles. The molecular weight excluding hydrogens is 320 g/mol. The van der Waals surface area contributed by atoms with Gasteiger partial charge in [0.1, 0.15) is 5.82 Å². The minimum Gasteiger partial charge on any atom is -0.206 e. The van der Waals surface area contributed by atoms with Gasteiger partial charge in [-0.2, -0.15) is 13.2 Å². The monoisotopic (exact) mass is 320 g/mol. The third-order valence-corrected chi connectivity index (χ3v) is 2.58. The van der Waals surface area contributed by atoms with Crippen LogP contribution < -0.4 is 0 Å². The molecule has 0 amide bonds. The standard InChI is InChI=1S/C7H2Br2F4/c8-4-2-6(10)5(9)1-3(4)7(11,12)13/h1-2H. The van der Waals surface area contributed by atoms with Crippen molar-refractivity contribution in [2.75, 3.05) is 0 Å². The number of hydrogen-bond donors (Lipinski definition) is 0. The van der Waals surface area contributed by atoms with Crippen LogP contribution in [0.1, 0.15) is 5.56 Å². The van der Waals surface area contributed by atoms with Gasteiger partial charge in [-0.05, 0) is 28.1 Å². The molecule has 0 bridgehead atoms. The van der Waals surface area contributed by atoms with E-state index in [1.807, 2.05) is 0 Å². The fourth-order valence-electron chi connectivity index (χ4n) is 0.740. The molecule has 1 aromatic carbocycles. The molecule has 0 aromatic heterocycles. The van der Waals surface area contributed by atoms with Crippen molar-refractivity contribution in [1.29, 1.82) is 0 Å². The van der Waals surface area contributed by atoms with Crippen molar-refractivity contribution in [3.05, 3.63) is 32.5 Å². The maximum Gasteiger partial charge on any atom is 0.417 e. The first-order valence-corrected chi connectivity index (χ1v) is 4.62. The Kier molecular flexibility index (Phi) is 3.01. The van der Waals surface area contributed by atoms with Gasteiger partial charge in [-0.3, -0.25) is 0 Å². The van der Waals surface area contributed by atoms with Gasteiger partial charge in [0.15, 0.2) is 0 Å². The molecule has 0 saturated carbocycles. The second-order valence-electron chi connectivity index (χ2n) is 2.24. The minimum absolute atomic E-state index is 0.206. The number of alkyl halides is 3. The SMILES string of the molecule is Fc1cc(Br)c(C(F)(F)F)cc1Br. The molecule has 13 heavy (non-hydrogen) atoms. The Labute approximate surface area is 88.2 Å². The van der Waals surface area contributed by atoms with Crippen molar-refractivity contribution < 1.29 is 17.6 Å². The van der Waals surface area contributed by atoms with E-state index in [4.69, 9.17) is 0 Å². The third kappa shape index (κ3) is 2.43. The average molecular weight is 322 g/mol. The van der Waals surface area contributed by atoms with Crippen molar-refractivity contribution >= 4 is 31.9 Å². The number of halogens is 6.